The van der Waals surface area contributed by atoms with Crippen LogP contribution < -0.4 is 15.8 Å². The van der Waals surface area contributed by atoms with Gasteiger partial charge >= 0.3 is 0 Å². The molecule has 96 valence electrons. The monoisotopic (exact) mass is 278 g/mol. The average Bonchev–Trinajstić information content (AvgIpc) is 2.27. The topological polar surface area (TPSA) is 64.3 Å². The molecule has 0 fully saturated rings. The Hall–Kier alpha value is -0.970. The van der Waals surface area contributed by atoms with E-state index in [1.165, 1.54) is 0 Å². The van der Waals surface area contributed by atoms with Crippen molar-refractivity contribution >= 4 is 29.9 Å². The molecule has 0 unspecified atom stereocenters. The highest BCUT2D eigenvalue weighted by Gasteiger charge is 2.08. The zero-order valence-electron chi connectivity index (χ0n) is 9.53. The molecule has 1 amide bonds. The van der Waals surface area contributed by atoms with Gasteiger partial charge in [-0.1, -0.05) is 11.6 Å². The first-order valence-corrected chi connectivity index (χ1v) is 5.34. The van der Waals surface area contributed by atoms with Crippen LogP contribution in [-0.4, -0.2) is 26.1 Å². The molecule has 0 spiro atoms. The molecule has 0 aliphatic heterocycles. The first kappa shape index (κ1) is 16.0. The highest BCUT2D eigenvalue weighted by Crippen LogP contribution is 2.22. The van der Waals surface area contributed by atoms with Crippen LogP contribution in [0.1, 0.15) is 5.56 Å². The number of carbonyl (C=O) groups excluding carboxylic acids is 1. The van der Waals surface area contributed by atoms with E-state index in [2.05, 4.69) is 5.32 Å². The van der Waals surface area contributed by atoms with E-state index in [9.17, 15) is 4.79 Å². The fourth-order valence-corrected chi connectivity index (χ4v) is 1.53. The summed E-state index contributed by atoms with van der Waals surface area (Å²) in [5.74, 6) is 0.568. The van der Waals surface area contributed by atoms with Crippen molar-refractivity contribution in [3.8, 4) is 5.75 Å². The Labute approximate surface area is 112 Å². The summed E-state index contributed by atoms with van der Waals surface area (Å²) in [4.78, 5) is 11.5. The van der Waals surface area contributed by atoms with E-state index in [1.807, 2.05) is 0 Å². The Balaban J connectivity index is 0.00000256. The molecule has 0 atom stereocenters. The summed E-state index contributed by atoms with van der Waals surface area (Å²) in [6.45, 7) is 0.903. The molecule has 17 heavy (non-hydrogen) atoms. The van der Waals surface area contributed by atoms with Crippen LogP contribution in [0.2, 0.25) is 5.02 Å². The van der Waals surface area contributed by atoms with Crippen molar-refractivity contribution in [2.75, 3.05) is 20.2 Å². The van der Waals surface area contributed by atoms with Crippen molar-refractivity contribution in [1.29, 1.82) is 0 Å². The molecule has 0 radical (unpaired) electrons. The lowest BCUT2D eigenvalue weighted by molar-refractivity contribution is -0.120. The Kier molecular flexibility index (Phi) is 7.70. The molecule has 1 rings (SSSR count). The second kappa shape index (κ2) is 8.17. The molecule has 0 aliphatic rings. The molecule has 6 heteroatoms. The number of amides is 1. The number of hydrogen-bond donors (Lipinski definition) is 2. The van der Waals surface area contributed by atoms with Gasteiger partial charge in [0.25, 0.3) is 0 Å². The third-order valence-corrected chi connectivity index (χ3v) is 2.30. The van der Waals surface area contributed by atoms with Crippen LogP contribution in [0.4, 0.5) is 0 Å². The predicted octanol–water partition coefficient (Wildman–Crippen LogP) is 1.39. The van der Waals surface area contributed by atoms with Crippen LogP contribution in [0.3, 0.4) is 0 Å². The van der Waals surface area contributed by atoms with E-state index < -0.39 is 0 Å². The molecule has 0 aromatic heterocycles. The summed E-state index contributed by atoms with van der Waals surface area (Å²) in [5, 5.41) is 3.27. The maximum Gasteiger partial charge on any atom is 0.224 e. The Morgan fingerprint density at radius 3 is 2.82 bits per heavy atom. The first-order chi connectivity index (χ1) is 7.67. The van der Waals surface area contributed by atoms with Crippen LogP contribution in [0.15, 0.2) is 18.2 Å². The fraction of sp³-hybridized carbons (Fsp3) is 0.364. The van der Waals surface area contributed by atoms with Crippen molar-refractivity contribution in [3.05, 3.63) is 28.8 Å². The van der Waals surface area contributed by atoms with E-state index in [0.29, 0.717) is 23.9 Å². The molecular weight excluding hydrogens is 263 g/mol. The molecule has 1 aromatic carbocycles. The van der Waals surface area contributed by atoms with Crippen molar-refractivity contribution in [1.82, 2.24) is 5.32 Å². The summed E-state index contributed by atoms with van der Waals surface area (Å²) in [6, 6.07) is 5.19. The van der Waals surface area contributed by atoms with E-state index in [4.69, 9.17) is 22.1 Å². The number of carbonyl (C=O) groups is 1. The van der Waals surface area contributed by atoms with Gasteiger partial charge in [0.15, 0.2) is 0 Å². The third kappa shape index (κ3) is 5.26. The van der Waals surface area contributed by atoms with E-state index in [-0.39, 0.29) is 24.7 Å². The lowest BCUT2D eigenvalue weighted by Gasteiger charge is -2.09. The van der Waals surface area contributed by atoms with E-state index >= 15 is 0 Å². The number of ether oxygens (including phenoxy) is 1. The summed E-state index contributed by atoms with van der Waals surface area (Å²) in [5.41, 5.74) is 6.06. The van der Waals surface area contributed by atoms with Gasteiger partial charge in [-0.2, -0.15) is 0 Å². The van der Waals surface area contributed by atoms with E-state index in [1.54, 1.807) is 25.3 Å². The van der Waals surface area contributed by atoms with E-state index in [0.717, 1.165) is 5.56 Å². The van der Waals surface area contributed by atoms with Crippen molar-refractivity contribution in [2.45, 2.75) is 6.42 Å². The van der Waals surface area contributed by atoms with Crippen LogP contribution >= 0.6 is 24.0 Å². The van der Waals surface area contributed by atoms with Crippen molar-refractivity contribution in [2.24, 2.45) is 5.73 Å². The van der Waals surface area contributed by atoms with Crippen LogP contribution in [0, 0.1) is 0 Å². The predicted molar refractivity (Wildman–Crippen MR) is 71.0 cm³/mol. The SMILES string of the molecule is COc1ccc(Cl)cc1CC(=O)NCCN.Cl. The van der Waals surface area contributed by atoms with Crippen LogP contribution in [-0.2, 0) is 11.2 Å². The Morgan fingerprint density at radius 2 is 2.24 bits per heavy atom. The van der Waals surface area contributed by atoms with Gasteiger partial charge in [0.1, 0.15) is 5.75 Å². The highest BCUT2D eigenvalue weighted by molar-refractivity contribution is 6.30. The minimum atomic E-state index is -0.0917. The average molecular weight is 279 g/mol. The maximum absolute atomic E-state index is 11.5. The third-order valence-electron chi connectivity index (χ3n) is 2.06. The minimum Gasteiger partial charge on any atom is -0.496 e. The van der Waals surface area contributed by atoms with Crippen LogP contribution in [0.5, 0.6) is 5.75 Å². The smallest absolute Gasteiger partial charge is 0.224 e. The zero-order chi connectivity index (χ0) is 12.0. The van der Waals surface area contributed by atoms with Gasteiger partial charge in [0.05, 0.1) is 13.5 Å². The van der Waals surface area contributed by atoms with Crippen molar-refractivity contribution < 1.29 is 9.53 Å². The van der Waals surface area contributed by atoms with Gasteiger partial charge in [-0.25, -0.2) is 0 Å². The zero-order valence-corrected chi connectivity index (χ0v) is 11.1. The molecule has 0 saturated heterocycles. The normalized spacial score (nSPS) is 9.35. The molecule has 0 heterocycles. The highest BCUT2D eigenvalue weighted by atomic mass is 35.5. The second-order valence-corrected chi connectivity index (χ2v) is 3.71. The standard InChI is InChI=1S/C11H15ClN2O2.ClH/c1-16-10-3-2-9(12)6-8(10)7-11(15)14-5-4-13;/h2-3,6H,4-5,7,13H2,1H3,(H,14,15);1H. The number of nitrogens with two attached hydrogens (primary N) is 1. The van der Waals surface area contributed by atoms with Gasteiger partial charge < -0.3 is 15.8 Å². The molecule has 0 bridgehead atoms. The molecular formula is C11H16Cl2N2O2. The van der Waals surface area contributed by atoms with Gasteiger partial charge in [-0.15, -0.1) is 12.4 Å². The molecule has 0 saturated carbocycles. The van der Waals surface area contributed by atoms with Gasteiger partial charge in [-0.05, 0) is 18.2 Å². The quantitative estimate of drug-likeness (QED) is 0.856. The maximum atomic E-state index is 11.5. The lowest BCUT2D eigenvalue weighted by Crippen LogP contribution is -2.30. The van der Waals surface area contributed by atoms with Gasteiger partial charge in [0, 0.05) is 23.7 Å². The Bertz CT molecular complexity index is 372. The minimum absolute atomic E-state index is 0. The molecule has 0 aliphatic carbocycles. The summed E-state index contributed by atoms with van der Waals surface area (Å²) >= 11 is 5.85. The fourth-order valence-electron chi connectivity index (χ4n) is 1.33. The molecule has 4 nitrogen and oxygen atoms in total. The number of rotatable bonds is 5. The number of methoxy groups -OCH3 is 1. The summed E-state index contributed by atoms with van der Waals surface area (Å²) in [6.07, 6.45) is 0.240. The van der Waals surface area contributed by atoms with Gasteiger partial charge in [-0.3, -0.25) is 4.79 Å². The summed E-state index contributed by atoms with van der Waals surface area (Å²) in [7, 11) is 1.56. The molecule has 3 N–H and O–H groups in total. The number of nitrogens with one attached hydrogen (secondary N) is 1. The number of hydrogen-bond acceptors (Lipinski definition) is 3. The first-order valence-electron chi connectivity index (χ1n) is 4.96. The molecule has 1 aromatic rings. The second-order valence-electron chi connectivity index (χ2n) is 3.27. The largest absolute Gasteiger partial charge is 0.496 e. The summed E-state index contributed by atoms with van der Waals surface area (Å²) < 4.78 is 5.14. The van der Waals surface area contributed by atoms with Gasteiger partial charge in [0.2, 0.25) is 5.91 Å². The lowest BCUT2D eigenvalue weighted by atomic mass is 10.1. The van der Waals surface area contributed by atoms with Crippen LogP contribution in [0.25, 0.3) is 0 Å². The Morgan fingerprint density at radius 1 is 1.53 bits per heavy atom. The number of halogens is 2. The van der Waals surface area contributed by atoms with Crippen molar-refractivity contribution in [3.63, 3.8) is 0 Å². The number of benzene rings is 1.